The number of hydrogen-bond donors (Lipinski definition) is 6. The van der Waals surface area contributed by atoms with Crippen molar-refractivity contribution in [3.8, 4) is 0 Å². The van der Waals surface area contributed by atoms with Gasteiger partial charge in [0.2, 0.25) is 0 Å². The quantitative estimate of drug-likeness (QED) is 0.0519. The molecule has 0 unspecified atom stereocenters. The molecule has 0 bridgehead atoms. The highest BCUT2D eigenvalue weighted by molar-refractivity contribution is 5.79. The van der Waals surface area contributed by atoms with E-state index < -0.39 is 5.60 Å². The standard InChI is InChI=1S/C22H29NO.C20H25NO.C20H23NO.C8H17NO.C6H13NO/c1-2-22(24)15-13-21(14-16-22)23(17-19-9-5-3-6-10-19)18-20-11-7-4-8-12-20;2*22-20-13-11-19(12-14-20)21(15-17-7-3-1-4-8-17)16-18-9-5-2-6-10-18;1-2-8(10)5-3-7(9)4-6-8;7-5-1-3-6(8)4-2-5/h3-12,21,24H,2,13-18H2,1H3;1-10,19-20,22H,11-16H2;1-10,19H,11-16H2;7,10H,2-6,9H2,1H3;5-6,8H,1-4,7H2. The second kappa shape index (κ2) is 36.8. The summed E-state index contributed by atoms with van der Waals surface area (Å²) in [4.78, 5) is 19.2. The molecule has 466 valence electrons. The molecule has 0 atom stereocenters. The zero-order valence-electron chi connectivity index (χ0n) is 52.4. The Morgan fingerprint density at radius 1 is 0.349 bits per heavy atom. The number of aliphatic hydroxyl groups is 4. The van der Waals surface area contributed by atoms with E-state index in [0.29, 0.717) is 36.0 Å². The molecule has 5 aliphatic carbocycles. The highest BCUT2D eigenvalue weighted by Gasteiger charge is 2.34. The summed E-state index contributed by atoms with van der Waals surface area (Å²) in [5, 5.41) is 39.0. The van der Waals surface area contributed by atoms with Crippen LogP contribution in [0.25, 0.3) is 0 Å². The number of aliphatic hydroxyl groups excluding tert-OH is 2. The van der Waals surface area contributed by atoms with Crippen molar-refractivity contribution in [3.63, 3.8) is 0 Å². The van der Waals surface area contributed by atoms with Crippen molar-refractivity contribution in [1.82, 2.24) is 14.7 Å². The average Bonchev–Trinajstić information content (AvgIpc) is 3.51. The Morgan fingerprint density at radius 3 is 0.849 bits per heavy atom. The van der Waals surface area contributed by atoms with E-state index in [1.807, 2.05) is 6.92 Å². The van der Waals surface area contributed by atoms with Crippen molar-refractivity contribution in [2.75, 3.05) is 0 Å². The van der Waals surface area contributed by atoms with E-state index in [2.05, 4.69) is 204 Å². The van der Waals surface area contributed by atoms with E-state index >= 15 is 0 Å². The van der Waals surface area contributed by atoms with Gasteiger partial charge in [0.15, 0.2) is 0 Å². The Bertz CT molecular complexity index is 2550. The third kappa shape index (κ3) is 24.7. The lowest BCUT2D eigenvalue weighted by atomic mass is 9.80. The van der Waals surface area contributed by atoms with Crippen LogP contribution in [0.15, 0.2) is 182 Å². The third-order valence-corrected chi connectivity index (χ3v) is 19.0. The van der Waals surface area contributed by atoms with E-state index in [0.717, 1.165) is 181 Å². The lowest BCUT2D eigenvalue weighted by Crippen LogP contribution is -2.42. The van der Waals surface area contributed by atoms with Gasteiger partial charge in [-0.1, -0.05) is 196 Å². The summed E-state index contributed by atoms with van der Waals surface area (Å²) in [7, 11) is 0. The maximum absolute atomic E-state index is 11.5. The lowest BCUT2D eigenvalue weighted by Gasteiger charge is -2.40. The van der Waals surface area contributed by atoms with Gasteiger partial charge in [0.05, 0.1) is 23.4 Å². The number of Topliss-reactive ketones (excluding diaryl/α,β-unsaturated/α-hetero) is 1. The monoisotopic (exact) mass is 1170 g/mol. The molecule has 0 spiro atoms. The van der Waals surface area contributed by atoms with E-state index in [4.69, 9.17) is 16.6 Å². The van der Waals surface area contributed by atoms with Gasteiger partial charge >= 0.3 is 0 Å². The Balaban J connectivity index is 0.000000161. The first kappa shape index (κ1) is 68.1. The second-order valence-corrected chi connectivity index (χ2v) is 25.7. The second-order valence-electron chi connectivity index (χ2n) is 25.7. The van der Waals surface area contributed by atoms with E-state index in [1.54, 1.807) is 0 Å². The highest BCUT2D eigenvalue weighted by atomic mass is 16.3. The Morgan fingerprint density at radius 2 is 0.581 bits per heavy atom. The molecule has 5 fully saturated rings. The van der Waals surface area contributed by atoms with Crippen LogP contribution in [0.4, 0.5) is 0 Å². The normalized spacial score (nSPS) is 25.0. The van der Waals surface area contributed by atoms with Gasteiger partial charge in [0.1, 0.15) is 5.78 Å². The number of rotatable bonds is 17. The minimum atomic E-state index is -0.429. The first-order valence-corrected chi connectivity index (χ1v) is 33.0. The first-order valence-electron chi connectivity index (χ1n) is 33.0. The molecule has 6 aromatic carbocycles. The summed E-state index contributed by atoms with van der Waals surface area (Å²) < 4.78 is 0. The van der Waals surface area contributed by atoms with Gasteiger partial charge in [-0.2, -0.15) is 0 Å². The molecule has 5 saturated carbocycles. The molecular formula is C76H107N5O5. The van der Waals surface area contributed by atoms with Gasteiger partial charge in [-0.25, -0.2) is 0 Å². The number of carbonyl (C=O) groups is 1. The molecule has 0 aromatic heterocycles. The van der Waals surface area contributed by atoms with Crippen molar-refractivity contribution in [2.45, 2.75) is 248 Å². The minimum absolute atomic E-state index is 0.0604. The summed E-state index contributed by atoms with van der Waals surface area (Å²) in [6.07, 6.45) is 20.7. The lowest BCUT2D eigenvalue weighted by molar-refractivity contribution is -0.121. The fraction of sp³-hybridized carbons (Fsp3) is 0.513. The van der Waals surface area contributed by atoms with Gasteiger partial charge in [-0.05, 0) is 162 Å². The highest BCUT2D eigenvalue weighted by Crippen LogP contribution is 2.35. The summed E-state index contributed by atoms with van der Waals surface area (Å²) >= 11 is 0. The fourth-order valence-electron chi connectivity index (χ4n) is 13.1. The number of hydrogen-bond acceptors (Lipinski definition) is 10. The SMILES string of the molecule is CCC1(O)CCC(N(Cc2ccccc2)Cc2ccccc2)CC1.CCC1(O)CCC(N)CC1.NC1CCC(O)CC1.O=C1CCC(N(Cc2ccccc2)Cc2ccccc2)CC1.OC1CCC(N(Cc2ccccc2)Cc2ccccc2)CC1. The number of nitrogens with zero attached hydrogens (tertiary/aromatic N) is 3. The molecule has 11 rings (SSSR count). The molecule has 6 aromatic rings. The number of benzene rings is 6. The number of nitrogens with two attached hydrogens (primary N) is 2. The number of ketones is 1. The van der Waals surface area contributed by atoms with Crippen LogP contribution in [0.5, 0.6) is 0 Å². The number of carbonyl (C=O) groups excluding carboxylic acids is 1. The molecule has 5 aliphatic rings. The Hall–Kier alpha value is -5.37. The van der Waals surface area contributed by atoms with Crippen LogP contribution >= 0.6 is 0 Å². The Kier molecular flexibility index (Phi) is 29.2. The Labute approximate surface area is 518 Å². The molecule has 10 nitrogen and oxygen atoms in total. The molecule has 0 radical (unpaired) electrons. The van der Waals surface area contributed by atoms with Crippen LogP contribution in [0.3, 0.4) is 0 Å². The van der Waals surface area contributed by atoms with Crippen molar-refractivity contribution in [2.24, 2.45) is 11.5 Å². The fourth-order valence-corrected chi connectivity index (χ4v) is 13.1. The van der Waals surface area contributed by atoms with Crippen molar-refractivity contribution in [3.05, 3.63) is 215 Å². The largest absolute Gasteiger partial charge is 0.393 e. The van der Waals surface area contributed by atoms with Gasteiger partial charge in [-0.3, -0.25) is 19.5 Å². The average molecular weight is 1170 g/mol. The maximum Gasteiger partial charge on any atom is 0.133 e. The summed E-state index contributed by atoms with van der Waals surface area (Å²) in [5.74, 6) is 0.427. The third-order valence-electron chi connectivity index (χ3n) is 19.0. The van der Waals surface area contributed by atoms with E-state index in [9.17, 15) is 20.1 Å². The van der Waals surface area contributed by atoms with Gasteiger partial charge in [-0.15, -0.1) is 0 Å². The predicted molar refractivity (Wildman–Crippen MR) is 354 cm³/mol. The van der Waals surface area contributed by atoms with E-state index in [1.165, 1.54) is 33.4 Å². The van der Waals surface area contributed by atoms with Crippen molar-refractivity contribution in [1.29, 1.82) is 0 Å². The van der Waals surface area contributed by atoms with Crippen molar-refractivity contribution < 1.29 is 25.2 Å². The van der Waals surface area contributed by atoms with Crippen molar-refractivity contribution >= 4 is 5.78 Å². The van der Waals surface area contributed by atoms with Gasteiger partial charge < -0.3 is 31.9 Å². The van der Waals surface area contributed by atoms with Crippen LogP contribution in [-0.4, -0.2) is 94.5 Å². The molecule has 0 heterocycles. The summed E-state index contributed by atoms with van der Waals surface area (Å²) in [5.41, 5.74) is 18.6. The maximum atomic E-state index is 11.5. The predicted octanol–water partition coefficient (Wildman–Crippen LogP) is 14.2. The smallest absolute Gasteiger partial charge is 0.133 e. The molecule has 86 heavy (non-hydrogen) atoms. The molecule has 0 saturated heterocycles. The van der Waals surface area contributed by atoms with Crippen LogP contribution in [0.1, 0.15) is 188 Å². The summed E-state index contributed by atoms with van der Waals surface area (Å²) in [6, 6.07) is 66.5. The molecule has 0 aliphatic heterocycles. The van der Waals surface area contributed by atoms with Gasteiger partial charge in [0.25, 0.3) is 0 Å². The zero-order valence-corrected chi connectivity index (χ0v) is 52.4. The molecule has 0 amide bonds. The van der Waals surface area contributed by atoms with Crippen LogP contribution in [0, 0.1) is 0 Å². The minimum Gasteiger partial charge on any atom is -0.393 e. The van der Waals surface area contributed by atoms with Gasteiger partial charge in [0, 0.05) is 82.3 Å². The topological polar surface area (TPSA) is 160 Å². The van der Waals surface area contributed by atoms with Crippen LogP contribution in [0.2, 0.25) is 0 Å². The van der Waals surface area contributed by atoms with E-state index in [-0.39, 0.29) is 17.8 Å². The zero-order chi connectivity index (χ0) is 60.8. The van der Waals surface area contributed by atoms with Crippen LogP contribution in [-0.2, 0) is 44.1 Å². The first-order chi connectivity index (χ1) is 41.8. The van der Waals surface area contributed by atoms with Crippen LogP contribution < -0.4 is 11.5 Å². The molecule has 8 N–H and O–H groups in total. The molecule has 10 heteroatoms. The summed E-state index contributed by atoms with van der Waals surface area (Å²) in [6.45, 7) is 9.97. The molecular weight excluding hydrogens is 1060 g/mol.